The average Bonchev–Trinajstić information content (AvgIpc) is 2.88. The first-order valence-corrected chi connectivity index (χ1v) is 12.1. The van der Waals surface area contributed by atoms with Crippen molar-refractivity contribution >= 4 is 11.8 Å². The fourth-order valence-electron chi connectivity index (χ4n) is 3.64. The molecule has 2 N–H and O–H groups in total. The quantitative estimate of drug-likeness (QED) is 0.270. The van der Waals surface area contributed by atoms with Gasteiger partial charge in [0, 0.05) is 13.1 Å². The highest BCUT2D eigenvalue weighted by Gasteiger charge is 2.15. The molecule has 0 fully saturated rings. The molecule has 0 unspecified atom stereocenters. The summed E-state index contributed by atoms with van der Waals surface area (Å²) in [5.74, 6) is 1.47. The van der Waals surface area contributed by atoms with Gasteiger partial charge in [-0.25, -0.2) is 4.79 Å². The molecule has 0 aliphatic heterocycles. The second kappa shape index (κ2) is 11.5. The van der Waals surface area contributed by atoms with Gasteiger partial charge in [0.15, 0.2) is 5.75 Å². The van der Waals surface area contributed by atoms with E-state index in [9.17, 15) is 4.79 Å². The molecular formula is C31H32N2O3. The van der Waals surface area contributed by atoms with Gasteiger partial charge in [-0.3, -0.25) is 0 Å². The second-order valence-corrected chi connectivity index (χ2v) is 9.51. The number of hydrogen-bond donors (Lipinski definition) is 2. The standard InChI is InChI=1S/C31H32N2O3/c1-31(2,3)36-30(34)33-22-24-15-19-27(20-16-24)35-29-12-8-7-11-28(29)32-21-23-13-17-26(18-14-23)25-9-5-4-6-10-25/h4-20,32H,21-22H2,1-3H3,(H,33,34). The Hall–Kier alpha value is -4.25. The Morgan fingerprint density at radius 2 is 1.28 bits per heavy atom. The van der Waals surface area contributed by atoms with Gasteiger partial charge < -0.3 is 20.1 Å². The van der Waals surface area contributed by atoms with Crippen LogP contribution in [0.15, 0.2) is 103 Å². The van der Waals surface area contributed by atoms with Crippen molar-refractivity contribution < 1.29 is 14.3 Å². The van der Waals surface area contributed by atoms with Gasteiger partial charge in [-0.2, -0.15) is 0 Å². The van der Waals surface area contributed by atoms with Crippen LogP contribution in [0.5, 0.6) is 11.5 Å². The highest BCUT2D eigenvalue weighted by Crippen LogP contribution is 2.30. The summed E-state index contributed by atoms with van der Waals surface area (Å²) in [7, 11) is 0. The van der Waals surface area contributed by atoms with Crippen LogP contribution in [0.25, 0.3) is 11.1 Å². The highest BCUT2D eigenvalue weighted by atomic mass is 16.6. The van der Waals surface area contributed by atoms with Crippen molar-refractivity contribution in [2.45, 2.75) is 39.5 Å². The maximum Gasteiger partial charge on any atom is 0.407 e. The third-order valence-electron chi connectivity index (χ3n) is 5.42. The van der Waals surface area contributed by atoms with Crippen molar-refractivity contribution in [1.82, 2.24) is 5.32 Å². The first-order chi connectivity index (χ1) is 17.4. The van der Waals surface area contributed by atoms with Gasteiger partial charge in [0.1, 0.15) is 11.4 Å². The molecule has 36 heavy (non-hydrogen) atoms. The van der Waals surface area contributed by atoms with E-state index in [4.69, 9.17) is 9.47 Å². The number of carbonyl (C=O) groups is 1. The van der Waals surface area contributed by atoms with Crippen molar-refractivity contribution in [2.75, 3.05) is 5.32 Å². The molecule has 0 atom stereocenters. The van der Waals surface area contributed by atoms with Crippen molar-refractivity contribution in [1.29, 1.82) is 0 Å². The third kappa shape index (κ3) is 7.37. The molecule has 0 saturated heterocycles. The van der Waals surface area contributed by atoms with Crippen LogP contribution in [0, 0.1) is 0 Å². The fourth-order valence-corrected chi connectivity index (χ4v) is 3.64. The average molecular weight is 481 g/mol. The van der Waals surface area contributed by atoms with Crippen LogP contribution in [-0.2, 0) is 17.8 Å². The van der Waals surface area contributed by atoms with E-state index < -0.39 is 11.7 Å². The van der Waals surface area contributed by atoms with Crippen molar-refractivity contribution in [2.24, 2.45) is 0 Å². The van der Waals surface area contributed by atoms with Crippen LogP contribution in [-0.4, -0.2) is 11.7 Å². The largest absolute Gasteiger partial charge is 0.455 e. The minimum Gasteiger partial charge on any atom is -0.455 e. The monoisotopic (exact) mass is 480 g/mol. The van der Waals surface area contributed by atoms with E-state index in [1.807, 2.05) is 75.4 Å². The van der Waals surface area contributed by atoms with E-state index in [0.717, 1.165) is 22.7 Å². The molecule has 0 aliphatic carbocycles. The number of rotatable bonds is 8. The van der Waals surface area contributed by atoms with Crippen molar-refractivity contribution in [3.8, 4) is 22.6 Å². The number of para-hydroxylation sites is 2. The maximum absolute atomic E-state index is 11.9. The normalized spacial score (nSPS) is 11.0. The number of amides is 1. The second-order valence-electron chi connectivity index (χ2n) is 9.51. The van der Waals surface area contributed by atoms with Crippen LogP contribution in [0.3, 0.4) is 0 Å². The molecule has 0 radical (unpaired) electrons. The number of benzene rings is 4. The van der Waals surface area contributed by atoms with Gasteiger partial charge in [-0.05, 0) is 67.3 Å². The fraction of sp³-hybridized carbons (Fsp3) is 0.194. The van der Waals surface area contributed by atoms with Crippen LogP contribution in [0.2, 0.25) is 0 Å². The van der Waals surface area contributed by atoms with Crippen LogP contribution < -0.4 is 15.4 Å². The number of ether oxygens (including phenoxy) is 2. The maximum atomic E-state index is 11.9. The molecule has 5 heteroatoms. The predicted octanol–water partition coefficient (Wildman–Crippen LogP) is 7.78. The third-order valence-corrected chi connectivity index (χ3v) is 5.42. The van der Waals surface area contributed by atoms with Crippen molar-refractivity contribution in [3.63, 3.8) is 0 Å². The molecule has 0 aliphatic rings. The van der Waals surface area contributed by atoms with Crippen LogP contribution in [0.4, 0.5) is 10.5 Å². The van der Waals surface area contributed by atoms with Crippen molar-refractivity contribution in [3.05, 3.63) is 114 Å². The van der Waals surface area contributed by atoms with E-state index in [0.29, 0.717) is 13.1 Å². The molecular weight excluding hydrogens is 448 g/mol. The number of anilines is 1. The van der Waals surface area contributed by atoms with Gasteiger partial charge in [-0.1, -0.05) is 78.9 Å². The molecule has 184 valence electrons. The topological polar surface area (TPSA) is 59.6 Å². The van der Waals surface area contributed by atoms with Crippen LogP contribution in [0.1, 0.15) is 31.9 Å². The zero-order valence-electron chi connectivity index (χ0n) is 21.0. The lowest BCUT2D eigenvalue weighted by atomic mass is 10.0. The van der Waals surface area contributed by atoms with Gasteiger partial charge in [0.25, 0.3) is 0 Å². The number of carbonyl (C=O) groups excluding carboxylic acids is 1. The molecule has 0 heterocycles. The molecule has 0 bridgehead atoms. The van der Waals surface area contributed by atoms with E-state index in [2.05, 4.69) is 59.2 Å². The Balaban J connectivity index is 1.33. The molecule has 4 aromatic carbocycles. The predicted molar refractivity (Wildman–Crippen MR) is 145 cm³/mol. The zero-order valence-corrected chi connectivity index (χ0v) is 21.0. The first kappa shape index (κ1) is 24.9. The Morgan fingerprint density at radius 3 is 1.97 bits per heavy atom. The number of alkyl carbamates (subject to hydrolysis) is 1. The lowest BCUT2D eigenvalue weighted by molar-refractivity contribution is 0.0523. The number of hydrogen-bond acceptors (Lipinski definition) is 4. The molecule has 4 aromatic rings. The van der Waals surface area contributed by atoms with E-state index >= 15 is 0 Å². The highest BCUT2D eigenvalue weighted by molar-refractivity contribution is 5.67. The minimum absolute atomic E-state index is 0.385. The van der Waals surface area contributed by atoms with E-state index in [1.54, 1.807) is 0 Å². The molecule has 0 saturated carbocycles. The van der Waals surface area contributed by atoms with Crippen LogP contribution >= 0.6 is 0 Å². The van der Waals surface area contributed by atoms with Gasteiger partial charge in [0.05, 0.1) is 5.69 Å². The summed E-state index contributed by atoms with van der Waals surface area (Å²) in [6.45, 7) is 6.59. The Morgan fingerprint density at radius 1 is 0.694 bits per heavy atom. The summed E-state index contributed by atoms with van der Waals surface area (Å²) in [5, 5.41) is 6.25. The molecule has 5 nitrogen and oxygen atoms in total. The summed E-state index contributed by atoms with van der Waals surface area (Å²) in [4.78, 5) is 11.9. The Bertz CT molecular complexity index is 1260. The molecule has 0 aromatic heterocycles. The molecule has 4 rings (SSSR count). The molecule has 0 spiro atoms. The number of nitrogens with one attached hydrogen (secondary N) is 2. The summed E-state index contributed by atoms with van der Waals surface area (Å²) in [6, 6.07) is 34.5. The first-order valence-electron chi connectivity index (χ1n) is 12.1. The van der Waals surface area contributed by atoms with E-state index in [1.165, 1.54) is 16.7 Å². The zero-order chi connectivity index (χ0) is 25.4. The Kier molecular flexibility index (Phi) is 7.91. The summed E-state index contributed by atoms with van der Waals surface area (Å²) >= 11 is 0. The van der Waals surface area contributed by atoms with Gasteiger partial charge >= 0.3 is 6.09 Å². The lowest BCUT2D eigenvalue weighted by Crippen LogP contribution is -2.32. The van der Waals surface area contributed by atoms with E-state index in [-0.39, 0.29) is 0 Å². The SMILES string of the molecule is CC(C)(C)OC(=O)NCc1ccc(Oc2ccccc2NCc2ccc(-c3ccccc3)cc2)cc1. The molecule has 1 amide bonds. The lowest BCUT2D eigenvalue weighted by Gasteiger charge is -2.19. The summed E-state index contributed by atoms with van der Waals surface area (Å²) in [6.07, 6.45) is -0.433. The summed E-state index contributed by atoms with van der Waals surface area (Å²) in [5.41, 5.74) is 4.95. The smallest absolute Gasteiger partial charge is 0.407 e. The minimum atomic E-state index is -0.519. The van der Waals surface area contributed by atoms with Gasteiger partial charge in [-0.15, -0.1) is 0 Å². The van der Waals surface area contributed by atoms with Gasteiger partial charge in [0.2, 0.25) is 0 Å². The Labute approximate surface area is 213 Å². The summed E-state index contributed by atoms with van der Waals surface area (Å²) < 4.78 is 11.4.